The molecule has 1 aromatic heterocycles. The number of hydrogen-bond donors (Lipinski definition) is 0. The first-order chi connectivity index (χ1) is 20.7. The predicted molar refractivity (Wildman–Crippen MR) is 175 cm³/mol. The Morgan fingerprint density at radius 1 is 1.09 bits per heavy atom. The summed E-state index contributed by atoms with van der Waals surface area (Å²) in [5.41, 5.74) is 3.38. The number of benzene rings is 3. The van der Waals surface area contributed by atoms with Crippen LogP contribution in [0.5, 0.6) is 11.5 Å². The van der Waals surface area contributed by atoms with Gasteiger partial charge in [0.25, 0.3) is 11.5 Å². The fourth-order valence-electron chi connectivity index (χ4n) is 5.08. The molecule has 0 unspecified atom stereocenters. The first kappa shape index (κ1) is 30.8. The van der Waals surface area contributed by atoms with Crippen LogP contribution in [0.15, 0.2) is 92.3 Å². The predicted octanol–water partition coefficient (Wildman–Crippen LogP) is 6.11. The number of ether oxygens (including phenoxy) is 2. The van der Waals surface area contributed by atoms with Crippen molar-refractivity contribution in [2.75, 3.05) is 20.2 Å². The molecule has 0 bridgehead atoms. The van der Waals surface area contributed by atoms with E-state index in [4.69, 9.17) is 26.1 Å². The summed E-state index contributed by atoms with van der Waals surface area (Å²) in [6, 6.07) is 20.0. The average molecular weight is 681 g/mol. The van der Waals surface area contributed by atoms with Crippen molar-refractivity contribution in [1.29, 1.82) is 0 Å². The molecule has 0 saturated heterocycles. The summed E-state index contributed by atoms with van der Waals surface area (Å²) in [6.45, 7) is 7.20. The molecule has 222 valence electrons. The lowest BCUT2D eigenvalue weighted by molar-refractivity contribution is -0.127. The van der Waals surface area contributed by atoms with Crippen molar-refractivity contribution in [3.63, 3.8) is 0 Å². The lowest BCUT2D eigenvalue weighted by Gasteiger charge is -2.29. The third-order valence-electron chi connectivity index (χ3n) is 7.30. The molecule has 1 aliphatic rings. The Bertz CT molecular complexity index is 1880. The number of thiazole rings is 1. The molecule has 0 spiro atoms. The van der Waals surface area contributed by atoms with Gasteiger partial charge in [0.2, 0.25) is 0 Å². The molecule has 1 aliphatic heterocycles. The standard InChI is InChI=1S/C33H31BrClN3O4S/c1-5-37(6-2)32(40)29-20(3)36-33-38(30(29)24-9-7-8-10-26(24)41-4)31(39)28(43-33)18-22-13-16-27(25(34)17-22)42-19-21-11-14-23(35)15-12-21/h7-18,30H,5-6,19H2,1-4H3/b28-18+/t30-/m0/s1. The second-order valence-electron chi connectivity index (χ2n) is 9.91. The lowest BCUT2D eigenvalue weighted by atomic mass is 9.94. The molecule has 1 atom stereocenters. The highest BCUT2D eigenvalue weighted by atomic mass is 79.9. The molecular formula is C33H31BrClN3O4S. The smallest absolute Gasteiger partial charge is 0.271 e. The number of halogens is 2. The van der Waals surface area contributed by atoms with E-state index in [2.05, 4.69) is 15.9 Å². The van der Waals surface area contributed by atoms with Gasteiger partial charge in [0.1, 0.15) is 24.1 Å². The van der Waals surface area contributed by atoms with Crippen LogP contribution in [0.4, 0.5) is 0 Å². The Kier molecular flexibility index (Phi) is 9.54. The molecule has 0 N–H and O–H groups in total. The molecule has 3 aromatic carbocycles. The number of amides is 1. The summed E-state index contributed by atoms with van der Waals surface area (Å²) < 4.78 is 14.6. The third-order valence-corrected chi connectivity index (χ3v) is 9.15. The van der Waals surface area contributed by atoms with E-state index in [1.54, 1.807) is 16.6 Å². The Balaban J connectivity index is 1.56. The number of carbonyl (C=O) groups is 1. The van der Waals surface area contributed by atoms with Gasteiger partial charge in [-0.25, -0.2) is 4.99 Å². The molecule has 10 heteroatoms. The Hall–Kier alpha value is -3.66. The maximum Gasteiger partial charge on any atom is 0.271 e. The van der Waals surface area contributed by atoms with Gasteiger partial charge >= 0.3 is 0 Å². The number of rotatable bonds is 9. The van der Waals surface area contributed by atoms with Gasteiger partial charge in [0.15, 0.2) is 4.80 Å². The van der Waals surface area contributed by atoms with Gasteiger partial charge in [-0.1, -0.05) is 59.3 Å². The van der Waals surface area contributed by atoms with Crippen molar-refractivity contribution >= 4 is 50.9 Å². The summed E-state index contributed by atoms with van der Waals surface area (Å²) in [7, 11) is 1.59. The van der Waals surface area contributed by atoms with E-state index in [1.807, 2.05) is 93.6 Å². The highest BCUT2D eigenvalue weighted by molar-refractivity contribution is 9.10. The minimum absolute atomic E-state index is 0.144. The van der Waals surface area contributed by atoms with Gasteiger partial charge in [0, 0.05) is 23.7 Å². The minimum Gasteiger partial charge on any atom is -0.496 e. The average Bonchev–Trinajstić information content (AvgIpc) is 3.31. The van der Waals surface area contributed by atoms with Crippen LogP contribution in [0.1, 0.15) is 43.5 Å². The Labute approximate surface area is 267 Å². The maximum absolute atomic E-state index is 14.1. The van der Waals surface area contributed by atoms with Crippen LogP contribution in [-0.2, 0) is 11.4 Å². The summed E-state index contributed by atoms with van der Waals surface area (Å²) in [6.07, 6.45) is 1.84. The second-order valence-corrected chi connectivity index (χ2v) is 12.2. The van der Waals surface area contributed by atoms with Crippen LogP contribution < -0.4 is 24.4 Å². The van der Waals surface area contributed by atoms with Crippen LogP contribution in [0.3, 0.4) is 0 Å². The van der Waals surface area contributed by atoms with Gasteiger partial charge in [0.05, 0.1) is 27.4 Å². The monoisotopic (exact) mass is 679 g/mol. The first-order valence-corrected chi connectivity index (χ1v) is 15.9. The molecule has 0 saturated carbocycles. The number of aromatic nitrogens is 1. The summed E-state index contributed by atoms with van der Waals surface area (Å²) in [4.78, 5) is 34.9. The zero-order valence-electron chi connectivity index (χ0n) is 24.3. The second kappa shape index (κ2) is 13.3. The van der Waals surface area contributed by atoms with Crippen molar-refractivity contribution in [2.45, 2.75) is 33.4 Å². The van der Waals surface area contributed by atoms with Crippen molar-refractivity contribution in [3.8, 4) is 11.5 Å². The number of para-hydroxylation sites is 1. The Morgan fingerprint density at radius 3 is 2.49 bits per heavy atom. The lowest BCUT2D eigenvalue weighted by Crippen LogP contribution is -2.43. The number of nitrogens with zero attached hydrogens (tertiary/aromatic N) is 3. The highest BCUT2D eigenvalue weighted by Crippen LogP contribution is 2.36. The number of allylic oxidation sites excluding steroid dienone is 1. The quantitative estimate of drug-likeness (QED) is 0.214. The van der Waals surface area contributed by atoms with E-state index in [9.17, 15) is 9.59 Å². The van der Waals surface area contributed by atoms with Gasteiger partial charge in [-0.05, 0) is 84.2 Å². The highest BCUT2D eigenvalue weighted by Gasteiger charge is 2.35. The number of hydrogen-bond acceptors (Lipinski definition) is 6. The largest absolute Gasteiger partial charge is 0.496 e. The molecule has 4 aromatic rings. The molecule has 1 amide bonds. The van der Waals surface area contributed by atoms with Crippen LogP contribution in [0.25, 0.3) is 6.08 Å². The zero-order chi connectivity index (χ0) is 30.7. The van der Waals surface area contributed by atoms with Crippen LogP contribution >= 0.6 is 38.9 Å². The summed E-state index contributed by atoms with van der Waals surface area (Å²) >= 11 is 10.9. The molecule has 5 rings (SSSR count). The third kappa shape index (κ3) is 6.34. The number of likely N-dealkylation sites (N-methyl/N-ethyl adjacent to an activating group) is 1. The normalized spacial score (nSPS) is 14.7. The van der Waals surface area contributed by atoms with Crippen molar-refractivity contribution in [3.05, 3.63) is 124 Å². The van der Waals surface area contributed by atoms with E-state index >= 15 is 0 Å². The van der Waals surface area contributed by atoms with Gasteiger partial charge < -0.3 is 14.4 Å². The molecule has 43 heavy (non-hydrogen) atoms. The fraction of sp³-hybridized carbons (Fsp3) is 0.242. The van der Waals surface area contributed by atoms with E-state index < -0.39 is 6.04 Å². The molecule has 0 radical (unpaired) electrons. The minimum atomic E-state index is -0.682. The van der Waals surface area contributed by atoms with Crippen molar-refractivity contribution in [1.82, 2.24) is 9.47 Å². The van der Waals surface area contributed by atoms with Crippen LogP contribution in [0.2, 0.25) is 5.02 Å². The Morgan fingerprint density at radius 2 is 1.81 bits per heavy atom. The molecule has 7 nitrogen and oxygen atoms in total. The molecule has 0 aliphatic carbocycles. The van der Waals surface area contributed by atoms with E-state index in [0.717, 1.165) is 21.2 Å². The van der Waals surface area contributed by atoms with Gasteiger partial charge in [-0.3, -0.25) is 14.2 Å². The van der Waals surface area contributed by atoms with Crippen LogP contribution in [0, 0.1) is 0 Å². The van der Waals surface area contributed by atoms with E-state index in [1.165, 1.54) is 11.3 Å². The maximum atomic E-state index is 14.1. The first-order valence-electron chi connectivity index (χ1n) is 13.9. The molecule has 2 heterocycles. The van der Waals surface area contributed by atoms with E-state index in [0.29, 0.717) is 56.8 Å². The van der Waals surface area contributed by atoms with Crippen molar-refractivity contribution in [2.24, 2.45) is 4.99 Å². The van der Waals surface area contributed by atoms with Crippen molar-refractivity contribution < 1.29 is 14.3 Å². The fourth-order valence-corrected chi connectivity index (χ4v) is 6.76. The summed E-state index contributed by atoms with van der Waals surface area (Å²) in [5.74, 6) is 1.13. The number of methoxy groups -OCH3 is 1. The van der Waals surface area contributed by atoms with Gasteiger partial charge in [-0.2, -0.15) is 0 Å². The zero-order valence-corrected chi connectivity index (χ0v) is 27.4. The molecular weight excluding hydrogens is 650 g/mol. The number of carbonyl (C=O) groups excluding carboxylic acids is 1. The molecule has 0 fully saturated rings. The number of fused-ring (bicyclic) bond motifs is 1. The SMILES string of the molecule is CCN(CC)C(=O)C1=C(C)N=c2s/c(=C/c3ccc(OCc4ccc(Cl)cc4)c(Br)c3)c(=O)n2[C@H]1c1ccccc1OC. The topological polar surface area (TPSA) is 73.1 Å². The van der Waals surface area contributed by atoms with Crippen LogP contribution in [-0.4, -0.2) is 35.6 Å². The summed E-state index contributed by atoms with van der Waals surface area (Å²) in [5, 5.41) is 0.677. The van der Waals surface area contributed by atoms with Gasteiger partial charge in [-0.15, -0.1) is 0 Å². The van der Waals surface area contributed by atoms with E-state index in [-0.39, 0.29) is 11.5 Å².